The minimum atomic E-state index is -4.15. The van der Waals surface area contributed by atoms with Gasteiger partial charge in [0.1, 0.15) is 12.6 Å². The predicted molar refractivity (Wildman–Crippen MR) is 152 cm³/mol. The van der Waals surface area contributed by atoms with Crippen molar-refractivity contribution < 1.29 is 18.0 Å². The number of nitrogens with one attached hydrogen (secondary N) is 1. The number of amides is 2. The summed E-state index contributed by atoms with van der Waals surface area (Å²) < 4.78 is 28.7. The van der Waals surface area contributed by atoms with Crippen LogP contribution >= 0.6 is 23.2 Å². The normalized spacial score (nSPS) is 12.2. The Hall–Kier alpha value is -3.07. The van der Waals surface area contributed by atoms with Crippen LogP contribution in [0.25, 0.3) is 0 Å². The molecule has 0 aliphatic carbocycles. The third-order valence-electron chi connectivity index (χ3n) is 5.93. The van der Waals surface area contributed by atoms with Gasteiger partial charge in [0.15, 0.2) is 0 Å². The van der Waals surface area contributed by atoms with Gasteiger partial charge in [-0.1, -0.05) is 59.6 Å². The smallest absolute Gasteiger partial charge is 0.264 e. The van der Waals surface area contributed by atoms with Crippen LogP contribution in [0.1, 0.15) is 31.9 Å². The van der Waals surface area contributed by atoms with Gasteiger partial charge in [-0.25, -0.2) is 8.42 Å². The summed E-state index contributed by atoms with van der Waals surface area (Å²) in [6.45, 7) is 6.45. The van der Waals surface area contributed by atoms with Crippen molar-refractivity contribution in [2.45, 2.75) is 51.2 Å². The zero-order valence-electron chi connectivity index (χ0n) is 21.7. The van der Waals surface area contributed by atoms with E-state index in [1.54, 1.807) is 74.5 Å². The largest absolute Gasteiger partial charge is 0.352 e. The summed E-state index contributed by atoms with van der Waals surface area (Å²) in [4.78, 5) is 28.2. The fourth-order valence-electron chi connectivity index (χ4n) is 3.93. The maximum Gasteiger partial charge on any atom is 0.264 e. The highest BCUT2D eigenvalue weighted by atomic mass is 35.5. The summed E-state index contributed by atoms with van der Waals surface area (Å²) in [7, 11) is -4.15. The first-order valence-corrected chi connectivity index (χ1v) is 14.3. The minimum Gasteiger partial charge on any atom is -0.352 e. The van der Waals surface area contributed by atoms with Crippen molar-refractivity contribution in [2.75, 3.05) is 10.8 Å². The Balaban J connectivity index is 2.07. The Bertz CT molecular complexity index is 1400. The predicted octanol–water partition coefficient (Wildman–Crippen LogP) is 5.44. The second-order valence-electron chi connectivity index (χ2n) is 9.21. The van der Waals surface area contributed by atoms with E-state index < -0.39 is 28.5 Å². The molecule has 0 saturated heterocycles. The molecule has 10 heteroatoms. The first-order chi connectivity index (χ1) is 17.9. The van der Waals surface area contributed by atoms with Crippen molar-refractivity contribution >= 4 is 50.7 Å². The average Bonchev–Trinajstić information content (AvgIpc) is 2.86. The maximum atomic E-state index is 13.9. The van der Waals surface area contributed by atoms with Crippen LogP contribution in [0.15, 0.2) is 77.7 Å². The molecular formula is C28H31Cl2N3O4S. The molecular weight excluding hydrogens is 545 g/mol. The molecule has 0 spiro atoms. The molecule has 3 rings (SSSR count). The number of rotatable bonds is 10. The Morgan fingerprint density at radius 1 is 0.921 bits per heavy atom. The third kappa shape index (κ3) is 7.07. The van der Waals surface area contributed by atoms with Gasteiger partial charge < -0.3 is 10.2 Å². The number of sulfonamides is 1. The monoisotopic (exact) mass is 575 g/mol. The van der Waals surface area contributed by atoms with Gasteiger partial charge in [0.25, 0.3) is 10.0 Å². The van der Waals surface area contributed by atoms with Crippen LogP contribution in [0.4, 0.5) is 5.69 Å². The number of aryl methyl sites for hydroxylation is 1. The van der Waals surface area contributed by atoms with Gasteiger partial charge in [-0.15, -0.1) is 0 Å². The summed E-state index contributed by atoms with van der Waals surface area (Å²) >= 11 is 12.5. The van der Waals surface area contributed by atoms with E-state index in [4.69, 9.17) is 23.2 Å². The zero-order chi connectivity index (χ0) is 28.0. The van der Waals surface area contributed by atoms with E-state index in [-0.39, 0.29) is 23.4 Å². The molecule has 1 N–H and O–H groups in total. The van der Waals surface area contributed by atoms with Crippen molar-refractivity contribution in [1.82, 2.24) is 10.2 Å². The molecule has 38 heavy (non-hydrogen) atoms. The van der Waals surface area contributed by atoms with Gasteiger partial charge >= 0.3 is 0 Å². The average molecular weight is 577 g/mol. The number of carbonyl (C=O) groups excluding carboxylic acids is 2. The molecule has 2 amide bonds. The highest BCUT2D eigenvalue weighted by molar-refractivity contribution is 7.92. The van der Waals surface area contributed by atoms with Crippen molar-refractivity contribution in [3.8, 4) is 0 Å². The van der Waals surface area contributed by atoms with E-state index in [1.165, 1.54) is 17.0 Å². The van der Waals surface area contributed by atoms with Crippen molar-refractivity contribution in [2.24, 2.45) is 0 Å². The van der Waals surface area contributed by atoms with E-state index in [2.05, 4.69) is 5.32 Å². The first kappa shape index (κ1) is 29.5. The number of anilines is 1. The standard InChI is InChI=1S/C28H31Cl2N3O4S/c1-19(2)31-28(35)21(4)32(17-22-10-8-9-13-25(22)30)27(34)18-33(26-15-14-23(29)16-20(26)3)38(36,37)24-11-6-5-7-12-24/h5-16,19,21H,17-18H2,1-4H3,(H,31,35). The molecule has 0 aliphatic heterocycles. The van der Waals surface area contributed by atoms with Crippen LogP contribution in [-0.2, 0) is 26.2 Å². The topological polar surface area (TPSA) is 86.8 Å². The van der Waals surface area contributed by atoms with Crippen molar-refractivity contribution in [3.63, 3.8) is 0 Å². The number of halogens is 2. The Kier molecular flexibility index (Phi) is 9.82. The van der Waals surface area contributed by atoms with Crippen LogP contribution < -0.4 is 9.62 Å². The number of carbonyl (C=O) groups is 2. The molecule has 3 aromatic carbocycles. The lowest BCUT2D eigenvalue weighted by Crippen LogP contribution is -2.52. The van der Waals surface area contributed by atoms with E-state index in [1.807, 2.05) is 13.8 Å². The molecule has 202 valence electrons. The quantitative estimate of drug-likeness (QED) is 0.348. The Morgan fingerprint density at radius 2 is 1.55 bits per heavy atom. The summed E-state index contributed by atoms with van der Waals surface area (Å²) in [5.41, 5.74) is 1.52. The number of benzene rings is 3. The summed E-state index contributed by atoms with van der Waals surface area (Å²) in [5.74, 6) is -0.925. The SMILES string of the molecule is Cc1cc(Cl)ccc1N(CC(=O)N(Cc1ccccc1Cl)C(C)C(=O)NC(C)C)S(=O)(=O)c1ccccc1. The van der Waals surface area contributed by atoms with Gasteiger partial charge in [0.2, 0.25) is 11.8 Å². The van der Waals surface area contributed by atoms with Gasteiger partial charge in [-0.3, -0.25) is 13.9 Å². The van der Waals surface area contributed by atoms with Crippen LogP contribution in [0.3, 0.4) is 0 Å². The van der Waals surface area contributed by atoms with E-state index >= 15 is 0 Å². The molecule has 0 saturated carbocycles. The highest BCUT2D eigenvalue weighted by Gasteiger charge is 2.33. The summed E-state index contributed by atoms with van der Waals surface area (Å²) in [6.07, 6.45) is 0. The summed E-state index contributed by atoms with van der Waals surface area (Å²) in [5, 5.41) is 3.70. The van der Waals surface area contributed by atoms with Crippen molar-refractivity contribution in [3.05, 3.63) is 94.0 Å². The fourth-order valence-corrected chi connectivity index (χ4v) is 5.85. The van der Waals surface area contributed by atoms with Gasteiger partial charge in [-0.05, 0) is 75.2 Å². The van der Waals surface area contributed by atoms with Crippen LogP contribution in [0, 0.1) is 6.92 Å². The van der Waals surface area contributed by atoms with Crippen LogP contribution in [0.2, 0.25) is 10.0 Å². The maximum absolute atomic E-state index is 13.9. The number of hydrogen-bond acceptors (Lipinski definition) is 4. The van der Waals surface area contributed by atoms with E-state index in [9.17, 15) is 18.0 Å². The highest BCUT2D eigenvalue weighted by Crippen LogP contribution is 2.29. The van der Waals surface area contributed by atoms with Gasteiger partial charge in [0.05, 0.1) is 10.6 Å². The molecule has 0 radical (unpaired) electrons. The van der Waals surface area contributed by atoms with Gasteiger partial charge in [-0.2, -0.15) is 0 Å². The molecule has 3 aromatic rings. The zero-order valence-corrected chi connectivity index (χ0v) is 24.0. The van der Waals surface area contributed by atoms with Crippen molar-refractivity contribution in [1.29, 1.82) is 0 Å². The molecule has 0 fully saturated rings. The van der Waals surface area contributed by atoms with E-state index in [0.717, 1.165) is 4.31 Å². The van der Waals surface area contributed by atoms with E-state index in [0.29, 0.717) is 26.9 Å². The lowest BCUT2D eigenvalue weighted by Gasteiger charge is -2.33. The molecule has 0 bridgehead atoms. The molecule has 1 atom stereocenters. The van der Waals surface area contributed by atoms with Crippen LogP contribution in [0.5, 0.6) is 0 Å². The minimum absolute atomic E-state index is 0.0179. The second kappa shape index (κ2) is 12.7. The molecule has 1 unspecified atom stereocenters. The van der Waals surface area contributed by atoms with Gasteiger partial charge in [0, 0.05) is 22.6 Å². The number of nitrogens with zero attached hydrogens (tertiary/aromatic N) is 2. The Morgan fingerprint density at radius 3 is 2.16 bits per heavy atom. The Labute approximate surface area is 234 Å². The van der Waals surface area contributed by atoms with Crippen LogP contribution in [-0.4, -0.2) is 43.8 Å². The second-order valence-corrected chi connectivity index (χ2v) is 11.9. The molecule has 0 aliphatic rings. The molecule has 7 nitrogen and oxygen atoms in total. The lowest BCUT2D eigenvalue weighted by molar-refractivity contribution is -0.139. The first-order valence-electron chi connectivity index (χ1n) is 12.1. The third-order valence-corrected chi connectivity index (χ3v) is 8.31. The molecule has 0 heterocycles. The number of hydrogen-bond donors (Lipinski definition) is 1. The molecule has 0 aromatic heterocycles. The summed E-state index contributed by atoms with van der Waals surface area (Å²) in [6, 6.07) is 18.6. The fraction of sp³-hybridized carbons (Fsp3) is 0.286. The lowest BCUT2D eigenvalue weighted by atomic mass is 10.1.